The number of fused-ring (bicyclic) bond motifs is 1. The van der Waals surface area contributed by atoms with Gasteiger partial charge in [0.05, 0.1) is 17.6 Å². The summed E-state index contributed by atoms with van der Waals surface area (Å²) < 4.78 is 1.89. The fourth-order valence-electron chi connectivity index (χ4n) is 2.72. The Balaban J connectivity index is 1.46. The second-order valence-electron chi connectivity index (χ2n) is 6.06. The summed E-state index contributed by atoms with van der Waals surface area (Å²) in [6.45, 7) is 7.27. The molecule has 0 bridgehead atoms. The van der Waals surface area contributed by atoms with Crippen LogP contribution < -0.4 is 10.6 Å². The van der Waals surface area contributed by atoms with Crippen LogP contribution in [0.15, 0.2) is 6.20 Å². The number of rotatable bonds is 4. The van der Waals surface area contributed by atoms with Gasteiger partial charge in [0.15, 0.2) is 0 Å². The van der Waals surface area contributed by atoms with Crippen molar-refractivity contribution in [3.63, 3.8) is 0 Å². The van der Waals surface area contributed by atoms with Gasteiger partial charge in [0.25, 0.3) is 0 Å². The van der Waals surface area contributed by atoms with Crippen molar-refractivity contribution in [2.45, 2.75) is 52.1 Å². The van der Waals surface area contributed by atoms with Gasteiger partial charge in [-0.3, -0.25) is 0 Å². The molecule has 0 aromatic carbocycles. The lowest BCUT2D eigenvalue weighted by molar-refractivity contribution is 0.231. The van der Waals surface area contributed by atoms with Crippen molar-refractivity contribution in [3.8, 4) is 0 Å². The molecule has 3 rings (SSSR count). The van der Waals surface area contributed by atoms with Crippen molar-refractivity contribution in [3.05, 3.63) is 27.7 Å². The number of hydrogen-bond acceptors (Lipinski definition) is 5. The largest absolute Gasteiger partial charge is 0.337 e. The molecule has 2 atom stereocenters. The molecule has 0 aliphatic carbocycles. The normalized spacial score (nSPS) is 18.3. The predicted molar refractivity (Wildman–Crippen MR) is 88.7 cm³/mol. The number of amides is 2. The highest BCUT2D eigenvalue weighted by Crippen LogP contribution is 2.20. The summed E-state index contributed by atoms with van der Waals surface area (Å²) >= 11 is 1.68. The number of aromatic nitrogens is 4. The van der Waals surface area contributed by atoms with Crippen LogP contribution in [-0.4, -0.2) is 38.4 Å². The molecule has 124 valence electrons. The smallest absolute Gasteiger partial charge is 0.315 e. The molecule has 7 nitrogen and oxygen atoms in total. The van der Waals surface area contributed by atoms with Crippen LogP contribution >= 0.6 is 11.3 Å². The van der Waals surface area contributed by atoms with Crippen molar-refractivity contribution in [2.75, 3.05) is 6.54 Å². The van der Waals surface area contributed by atoms with Crippen LogP contribution in [0.5, 0.6) is 0 Å². The van der Waals surface area contributed by atoms with E-state index in [0.29, 0.717) is 13.1 Å². The number of hydrogen-bond donors (Lipinski definition) is 2. The number of carbonyl (C=O) groups excluding carboxylic acids is 1. The van der Waals surface area contributed by atoms with Gasteiger partial charge < -0.3 is 10.6 Å². The Labute approximate surface area is 139 Å². The van der Waals surface area contributed by atoms with E-state index in [9.17, 15) is 4.79 Å². The van der Waals surface area contributed by atoms with Crippen LogP contribution in [0, 0.1) is 13.8 Å². The highest BCUT2D eigenvalue weighted by Gasteiger charge is 2.22. The first-order valence-corrected chi connectivity index (χ1v) is 8.70. The minimum absolute atomic E-state index is 0.0982. The lowest BCUT2D eigenvalue weighted by Gasteiger charge is -2.24. The molecule has 2 amide bonds. The molecular formula is C15H22N6OS. The van der Waals surface area contributed by atoms with Crippen molar-refractivity contribution >= 4 is 17.4 Å². The Morgan fingerprint density at radius 3 is 3.09 bits per heavy atom. The van der Waals surface area contributed by atoms with Crippen LogP contribution in [0.1, 0.15) is 40.8 Å². The van der Waals surface area contributed by atoms with Crippen LogP contribution in [0.3, 0.4) is 0 Å². The van der Waals surface area contributed by atoms with E-state index in [-0.39, 0.29) is 18.0 Å². The van der Waals surface area contributed by atoms with E-state index < -0.39 is 0 Å². The van der Waals surface area contributed by atoms with Crippen molar-refractivity contribution in [1.82, 2.24) is 30.4 Å². The predicted octanol–water partition coefficient (Wildman–Crippen LogP) is 1.77. The van der Waals surface area contributed by atoms with E-state index in [2.05, 4.69) is 32.6 Å². The lowest BCUT2D eigenvalue weighted by Crippen LogP contribution is -2.46. The fourth-order valence-corrected chi connectivity index (χ4v) is 3.55. The molecule has 2 N–H and O–H groups in total. The molecule has 23 heavy (non-hydrogen) atoms. The third-order valence-corrected chi connectivity index (χ3v) is 5.07. The summed E-state index contributed by atoms with van der Waals surface area (Å²) in [6.07, 6.45) is 3.61. The van der Waals surface area contributed by atoms with Crippen LogP contribution in [0.25, 0.3) is 0 Å². The van der Waals surface area contributed by atoms with Crippen LogP contribution in [0.2, 0.25) is 0 Å². The summed E-state index contributed by atoms with van der Waals surface area (Å²) in [6, 6.07) is -0.0311. The molecule has 0 saturated carbocycles. The highest BCUT2D eigenvalue weighted by molar-refractivity contribution is 7.11. The second-order valence-corrected chi connectivity index (χ2v) is 7.32. The third-order valence-electron chi connectivity index (χ3n) is 3.93. The first-order chi connectivity index (χ1) is 11.0. The molecule has 0 spiro atoms. The van der Waals surface area contributed by atoms with Gasteiger partial charge in [0.1, 0.15) is 11.6 Å². The number of urea groups is 1. The third kappa shape index (κ3) is 3.87. The van der Waals surface area contributed by atoms with Crippen molar-refractivity contribution in [1.29, 1.82) is 0 Å². The Bertz CT molecular complexity index is 694. The summed E-state index contributed by atoms with van der Waals surface area (Å²) in [5.74, 6) is 2.02. The molecule has 0 unspecified atom stereocenters. The van der Waals surface area contributed by atoms with Gasteiger partial charge in [-0.1, -0.05) is 6.92 Å². The molecule has 0 saturated heterocycles. The number of nitrogens with one attached hydrogen (secondary N) is 2. The summed E-state index contributed by atoms with van der Waals surface area (Å²) in [5, 5.41) is 11.4. The molecule has 3 heterocycles. The van der Waals surface area contributed by atoms with Gasteiger partial charge in [-0.15, -0.1) is 11.3 Å². The summed E-state index contributed by atoms with van der Waals surface area (Å²) in [4.78, 5) is 22.0. The maximum Gasteiger partial charge on any atom is 0.315 e. The van der Waals surface area contributed by atoms with E-state index in [1.807, 2.05) is 24.7 Å². The second kappa shape index (κ2) is 6.66. The van der Waals surface area contributed by atoms with Gasteiger partial charge in [0.2, 0.25) is 0 Å². The maximum absolute atomic E-state index is 12.1. The van der Waals surface area contributed by atoms with Gasteiger partial charge in [-0.05, 0) is 20.3 Å². The average molecular weight is 334 g/mol. The fraction of sp³-hybridized carbons (Fsp3) is 0.600. The first-order valence-electron chi connectivity index (χ1n) is 7.88. The van der Waals surface area contributed by atoms with Crippen LogP contribution in [0.4, 0.5) is 4.79 Å². The summed E-state index contributed by atoms with van der Waals surface area (Å²) in [7, 11) is 0. The topological polar surface area (TPSA) is 84.7 Å². The summed E-state index contributed by atoms with van der Waals surface area (Å²) in [5.41, 5.74) is 0. The zero-order chi connectivity index (χ0) is 16.4. The molecular weight excluding hydrogens is 312 g/mol. The molecule has 0 radical (unpaired) electrons. The lowest BCUT2D eigenvalue weighted by atomic mass is 10.1. The minimum atomic E-state index is -0.129. The maximum atomic E-state index is 12.1. The van der Waals surface area contributed by atoms with E-state index in [4.69, 9.17) is 0 Å². The van der Waals surface area contributed by atoms with E-state index in [1.54, 1.807) is 11.3 Å². The molecule has 1 aliphatic rings. The Morgan fingerprint density at radius 1 is 1.52 bits per heavy atom. The Hall–Kier alpha value is -1.96. The van der Waals surface area contributed by atoms with Crippen LogP contribution in [-0.2, 0) is 13.0 Å². The molecule has 1 aliphatic heterocycles. The number of aryl methyl sites for hydroxylation is 3. The molecule has 0 fully saturated rings. The molecule has 2 aromatic heterocycles. The Morgan fingerprint density at radius 2 is 2.35 bits per heavy atom. The average Bonchev–Trinajstić information content (AvgIpc) is 3.09. The zero-order valence-electron chi connectivity index (χ0n) is 13.7. The van der Waals surface area contributed by atoms with Gasteiger partial charge in [-0.2, -0.15) is 5.10 Å². The number of carbonyl (C=O) groups is 1. The monoisotopic (exact) mass is 334 g/mol. The SMILES string of the molecule is Cc1nc2n(n1)C[C@H](NC(=O)NC[C@H](C)c1ncc(C)s1)CC2. The zero-order valence-corrected chi connectivity index (χ0v) is 14.5. The standard InChI is InChI=1S/C15H22N6OS/c1-9(14-16-7-10(2)23-14)6-17-15(22)19-12-4-5-13-18-11(3)20-21(13)8-12/h7,9,12H,4-6,8H2,1-3H3,(H2,17,19,22)/t9-,12+/m0/s1. The van der Waals surface area contributed by atoms with Crippen molar-refractivity contribution < 1.29 is 4.79 Å². The van der Waals surface area contributed by atoms with Gasteiger partial charge >= 0.3 is 6.03 Å². The molecule has 8 heteroatoms. The quantitative estimate of drug-likeness (QED) is 0.892. The van der Waals surface area contributed by atoms with Gasteiger partial charge in [-0.25, -0.2) is 19.4 Å². The Kier molecular flexibility index (Phi) is 4.61. The highest BCUT2D eigenvalue weighted by atomic mass is 32.1. The van der Waals surface area contributed by atoms with Crippen molar-refractivity contribution in [2.24, 2.45) is 0 Å². The van der Waals surface area contributed by atoms with E-state index >= 15 is 0 Å². The van der Waals surface area contributed by atoms with E-state index in [0.717, 1.165) is 29.5 Å². The first kappa shape index (κ1) is 15.9. The van der Waals surface area contributed by atoms with E-state index in [1.165, 1.54) is 4.88 Å². The minimum Gasteiger partial charge on any atom is -0.337 e. The number of nitrogens with zero attached hydrogens (tertiary/aromatic N) is 4. The van der Waals surface area contributed by atoms with Gasteiger partial charge in [0, 0.05) is 30.0 Å². The molecule has 2 aromatic rings. The number of thiazole rings is 1.